The zero-order valence-corrected chi connectivity index (χ0v) is 21.1. The molecule has 0 spiro atoms. The molecule has 1 N–H and O–H groups in total. The lowest BCUT2D eigenvalue weighted by atomic mass is 10.1. The van der Waals surface area contributed by atoms with Crippen LogP contribution in [0.15, 0.2) is 67.0 Å². The maximum absolute atomic E-state index is 12.7. The lowest BCUT2D eigenvalue weighted by Crippen LogP contribution is -2.41. The molecule has 0 aliphatic heterocycles. The standard InChI is InChI=1S/C26H26Cl2N4O3/c1-17(2)32(26-29-15-6-16-30-26)19-13-11-18(12-14-19)7-4-10-22(25(34)35-3)31-24(33)23-20(27)8-5-9-21(23)28/h4-9,11-17,22H,10H2,1-3H3,(H,31,33)/b7-4+. The van der Waals surface area contributed by atoms with E-state index >= 15 is 0 Å². The van der Waals surface area contributed by atoms with Crippen LogP contribution in [0.2, 0.25) is 10.0 Å². The van der Waals surface area contributed by atoms with Crippen LogP contribution in [0.4, 0.5) is 11.6 Å². The quantitative estimate of drug-likeness (QED) is 0.370. The van der Waals surface area contributed by atoms with Gasteiger partial charge in [-0.15, -0.1) is 0 Å². The Hall–Kier alpha value is -3.42. The summed E-state index contributed by atoms with van der Waals surface area (Å²) in [4.78, 5) is 35.7. The van der Waals surface area contributed by atoms with E-state index in [4.69, 9.17) is 27.9 Å². The van der Waals surface area contributed by atoms with Crippen molar-refractivity contribution in [2.24, 2.45) is 0 Å². The molecule has 1 unspecified atom stereocenters. The van der Waals surface area contributed by atoms with E-state index in [1.807, 2.05) is 35.2 Å². The highest BCUT2D eigenvalue weighted by Gasteiger charge is 2.23. The molecule has 1 aromatic heterocycles. The summed E-state index contributed by atoms with van der Waals surface area (Å²) in [6.45, 7) is 4.14. The molecule has 0 fully saturated rings. The molecule has 0 radical (unpaired) electrons. The van der Waals surface area contributed by atoms with Crippen molar-refractivity contribution in [3.05, 3.63) is 88.2 Å². The number of ether oxygens (including phenoxy) is 1. The van der Waals surface area contributed by atoms with Crippen molar-refractivity contribution < 1.29 is 14.3 Å². The van der Waals surface area contributed by atoms with Crippen molar-refractivity contribution in [2.45, 2.75) is 32.4 Å². The van der Waals surface area contributed by atoms with Crippen LogP contribution in [0.1, 0.15) is 36.2 Å². The average Bonchev–Trinajstić information content (AvgIpc) is 2.84. The van der Waals surface area contributed by atoms with Crippen LogP contribution in [0.25, 0.3) is 6.08 Å². The van der Waals surface area contributed by atoms with E-state index in [-0.39, 0.29) is 28.1 Å². The molecule has 0 aliphatic carbocycles. The van der Waals surface area contributed by atoms with Gasteiger partial charge in [0, 0.05) is 24.1 Å². The Morgan fingerprint density at radius 1 is 1.03 bits per heavy atom. The molecular formula is C26H26Cl2N4O3. The predicted octanol–water partition coefficient (Wildman–Crippen LogP) is 5.70. The first-order valence-corrected chi connectivity index (χ1v) is 11.7. The molecular weight excluding hydrogens is 487 g/mol. The third-order valence-corrected chi connectivity index (χ3v) is 5.75. The minimum absolute atomic E-state index is 0.112. The minimum Gasteiger partial charge on any atom is -0.467 e. The molecule has 0 aliphatic rings. The van der Waals surface area contributed by atoms with Gasteiger partial charge in [0.25, 0.3) is 5.91 Å². The van der Waals surface area contributed by atoms with Crippen LogP contribution >= 0.6 is 23.2 Å². The van der Waals surface area contributed by atoms with Gasteiger partial charge in [0.2, 0.25) is 5.95 Å². The Bertz CT molecular complexity index is 1160. The maximum Gasteiger partial charge on any atom is 0.328 e. The second-order valence-electron chi connectivity index (χ2n) is 7.89. The average molecular weight is 513 g/mol. The van der Waals surface area contributed by atoms with Crippen LogP contribution in [-0.4, -0.2) is 41.0 Å². The number of benzene rings is 2. The third-order valence-electron chi connectivity index (χ3n) is 5.12. The summed E-state index contributed by atoms with van der Waals surface area (Å²) in [7, 11) is 1.27. The molecule has 0 saturated carbocycles. The van der Waals surface area contributed by atoms with Crippen molar-refractivity contribution >= 4 is 52.8 Å². The fourth-order valence-corrected chi connectivity index (χ4v) is 4.02. The fourth-order valence-electron chi connectivity index (χ4n) is 3.45. The first-order valence-electron chi connectivity index (χ1n) is 11.0. The lowest BCUT2D eigenvalue weighted by Gasteiger charge is -2.26. The molecule has 3 rings (SSSR count). The number of amides is 1. The molecule has 7 nitrogen and oxygen atoms in total. The summed E-state index contributed by atoms with van der Waals surface area (Å²) in [6, 6.07) is 13.7. The van der Waals surface area contributed by atoms with Crippen molar-refractivity contribution in [3.63, 3.8) is 0 Å². The summed E-state index contributed by atoms with van der Waals surface area (Å²) in [5.74, 6) is -0.497. The van der Waals surface area contributed by atoms with Gasteiger partial charge in [-0.2, -0.15) is 0 Å². The molecule has 2 aromatic carbocycles. The molecule has 1 heterocycles. The smallest absolute Gasteiger partial charge is 0.328 e. The Morgan fingerprint density at radius 3 is 2.23 bits per heavy atom. The Kier molecular flexibility index (Phi) is 9.23. The van der Waals surface area contributed by atoms with Crippen LogP contribution < -0.4 is 10.2 Å². The molecule has 0 saturated heterocycles. The molecule has 9 heteroatoms. The van der Waals surface area contributed by atoms with Gasteiger partial charge in [0.1, 0.15) is 6.04 Å². The van der Waals surface area contributed by atoms with Crippen molar-refractivity contribution in [3.8, 4) is 0 Å². The molecule has 3 aromatic rings. The minimum atomic E-state index is -0.901. The summed E-state index contributed by atoms with van der Waals surface area (Å²) < 4.78 is 4.85. The second kappa shape index (κ2) is 12.3. The monoisotopic (exact) mass is 512 g/mol. The topological polar surface area (TPSA) is 84.4 Å². The van der Waals surface area contributed by atoms with Gasteiger partial charge in [0.05, 0.1) is 22.7 Å². The Labute approximate surface area is 214 Å². The number of carbonyl (C=O) groups is 2. The number of aromatic nitrogens is 2. The highest BCUT2D eigenvalue weighted by atomic mass is 35.5. The van der Waals surface area contributed by atoms with E-state index in [2.05, 4.69) is 29.1 Å². The number of nitrogens with one attached hydrogen (secondary N) is 1. The summed E-state index contributed by atoms with van der Waals surface area (Å²) in [6.07, 6.45) is 7.31. The number of esters is 1. The number of methoxy groups -OCH3 is 1. The second-order valence-corrected chi connectivity index (χ2v) is 8.70. The van der Waals surface area contributed by atoms with Crippen LogP contribution in [0.3, 0.4) is 0 Å². The van der Waals surface area contributed by atoms with Crippen molar-refractivity contribution in [1.82, 2.24) is 15.3 Å². The zero-order chi connectivity index (χ0) is 25.4. The van der Waals surface area contributed by atoms with Crippen molar-refractivity contribution in [1.29, 1.82) is 0 Å². The van der Waals surface area contributed by atoms with Crippen molar-refractivity contribution in [2.75, 3.05) is 12.0 Å². The predicted molar refractivity (Wildman–Crippen MR) is 139 cm³/mol. The normalized spacial score (nSPS) is 11.9. The van der Waals surface area contributed by atoms with Gasteiger partial charge in [-0.05, 0) is 56.2 Å². The summed E-state index contributed by atoms with van der Waals surface area (Å²) in [5.41, 5.74) is 2.00. The van der Waals surface area contributed by atoms with Gasteiger partial charge in [-0.3, -0.25) is 4.79 Å². The highest BCUT2D eigenvalue weighted by Crippen LogP contribution is 2.26. The first-order chi connectivity index (χ1) is 16.8. The first kappa shape index (κ1) is 26.2. The molecule has 0 bridgehead atoms. The third kappa shape index (κ3) is 6.81. The van der Waals surface area contributed by atoms with E-state index in [0.717, 1.165) is 11.3 Å². The number of hydrogen-bond acceptors (Lipinski definition) is 6. The Morgan fingerprint density at radius 2 is 1.66 bits per heavy atom. The molecule has 1 amide bonds. The van der Waals surface area contributed by atoms with E-state index in [9.17, 15) is 9.59 Å². The molecule has 1 atom stereocenters. The van der Waals surface area contributed by atoms with E-state index in [1.54, 1.807) is 42.7 Å². The fraction of sp³-hybridized carbons (Fsp3) is 0.231. The van der Waals surface area contributed by atoms with E-state index < -0.39 is 17.9 Å². The Balaban J connectivity index is 1.71. The number of hydrogen-bond donors (Lipinski definition) is 1. The van der Waals surface area contributed by atoms with Crippen LogP contribution in [0, 0.1) is 0 Å². The van der Waals surface area contributed by atoms with Gasteiger partial charge in [-0.1, -0.05) is 53.6 Å². The number of nitrogens with zero attached hydrogens (tertiary/aromatic N) is 3. The number of carbonyl (C=O) groups excluding carboxylic acids is 2. The van der Waals surface area contributed by atoms with Crippen LogP contribution in [0.5, 0.6) is 0 Å². The lowest BCUT2D eigenvalue weighted by molar-refractivity contribution is -0.142. The van der Waals surface area contributed by atoms with Crippen LogP contribution in [-0.2, 0) is 9.53 Å². The summed E-state index contributed by atoms with van der Waals surface area (Å²) in [5, 5.41) is 3.05. The maximum atomic E-state index is 12.7. The number of halogens is 2. The van der Waals surface area contributed by atoms with Gasteiger partial charge >= 0.3 is 5.97 Å². The summed E-state index contributed by atoms with van der Waals surface area (Å²) >= 11 is 12.2. The molecule has 182 valence electrons. The largest absolute Gasteiger partial charge is 0.467 e. The number of rotatable bonds is 9. The van der Waals surface area contributed by atoms with E-state index in [1.165, 1.54) is 7.11 Å². The zero-order valence-electron chi connectivity index (χ0n) is 19.6. The molecule has 35 heavy (non-hydrogen) atoms. The highest BCUT2D eigenvalue weighted by molar-refractivity contribution is 6.39. The SMILES string of the molecule is COC(=O)C(C/C=C/c1ccc(N(c2ncccn2)C(C)C)cc1)NC(=O)c1c(Cl)cccc1Cl. The number of anilines is 2. The van der Waals surface area contributed by atoms with Gasteiger partial charge in [-0.25, -0.2) is 14.8 Å². The van der Waals surface area contributed by atoms with Gasteiger partial charge in [0.15, 0.2) is 0 Å². The van der Waals surface area contributed by atoms with Gasteiger partial charge < -0.3 is 15.0 Å². The van der Waals surface area contributed by atoms with E-state index in [0.29, 0.717) is 5.95 Å².